The van der Waals surface area contributed by atoms with Gasteiger partial charge in [0.1, 0.15) is 0 Å². The smallest absolute Gasteiger partial charge is 0.264 e. The van der Waals surface area contributed by atoms with Gasteiger partial charge in [0.05, 0.1) is 25.1 Å². The molecule has 0 fully saturated rings. The molecule has 0 amide bonds. The van der Waals surface area contributed by atoms with Crippen LogP contribution in [0.5, 0.6) is 0 Å². The van der Waals surface area contributed by atoms with Gasteiger partial charge in [0.25, 0.3) is 6.71 Å². The SMILES string of the molecule is [2H]c1c([2H])c(C(C)(C)C)c([2H])c([2H])c1-c1c([2H])c(C(C)(C)C)c([2H])c([2H])c1N1c2cccc3c2B(c2sc4ccc(C(C)(C)C)cc4c2N3c2ccc3c(c2)C(C)(C)CCC3(C)C)c2c([2H])c(C(C)(C)C)c([2H])c([2H])c21. The Bertz CT molecular complexity index is 3650. The second kappa shape index (κ2) is 14.7. The molecule has 1 aliphatic carbocycles. The van der Waals surface area contributed by atoms with Crippen LogP contribution in [0.25, 0.3) is 21.2 Å². The summed E-state index contributed by atoms with van der Waals surface area (Å²) in [5, 5.41) is 1.06. The highest BCUT2D eigenvalue weighted by Crippen LogP contribution is 2.53. The molecule has 2 nitrogen and oxygen atoms in total. The van der Waals surface area contributed by atoms with E-state index in [9.17, 15) is 13.7 Å². The van der Waals surface area contributed by atoms with Crippen molar-refractivity contribution in [2.24, 2.45) is 0 Å². The normalized spacial score (nSPS) is 18.6. The van der Waals surface area contributed by atoms with E-state index in [4.69, 9.17) is 0 Å². The number of benzene rings is 6. The van der Waals surface area contributed by atoms with E-state index < -0.39 is 23.0 Å². The number of anilines is 6. The minimum absolute atomic E-state index is 0.0394. The van der Waals surface area contributed by atoms with Gasteiger partial charge in [0, 0.05) is 43.2 Å². The van der Waals surface area contributed by atoms with Crippen LogP contribution in [-0.2, 0) is 32.5 Å². The average Bonchev–Trinajstić information content (AvgIpc) is 3.68. The Labute approximate surface area is 415 Å². The number of hydrogen-bond acceptors (Lipinski definition) is 3. The number of nitrogens with zero attached hydrogens (tertiary/aromatic N) is 2. The molecule has 338 valence electrons. The molecule has 3 heterocycles. The molecular formula is C62H71BN2S. The molecule has 10 rings (SSSR count). The first-order chi connectivity index (χ1) is 34.9. The molecule has 2 aliphatic heterocycles. The third-order valence-corrected chi connectivity index (χ3v) is 15.7. The Hall–Kier alpha value is -5.06. The van der Waals surface area contributed by atoms with Crippen molar-refractivity contribution in [1.82, 2.24) is 0 Å². The van der Waals surface area contributed by atoms with Crippen molar-refractivity contribution in [3.63, 3.8) is 0 Å². The zero-order valence-corrected chi connectivity index (χ0v) is 42.8. The summed E-state index contributed by atoms with van der Waals surface area (Å²) in [6.07, 6.45) is 2.08. The third-order valence-electron chi connectivity index (χ3n) is 14.4. The molecule has 6 aromatic carbocycles. The largest absolute Gasteiger partial charge is 0.311 e. The quantitative estimate of drug-likeness (QED) is 0.163. The summed E-state index contributed by atoms with van der Waals surface area (Å²) in [7, 11) is 0. The summed E-state index contributed by atoms with van der Waals surface area (Å²) < 4.78 is 102. The van der Waals surface area contributed by atoms with Crippen LogP contribution in [-0.4, -0.2) is 6.71 Å². The van der Waals surface area contributed by atoms with Gasteiger partial charge >= 0.3 is 0 Å². The lowest BCUT2D eigenvalue weighted by molar-refractivity contribution is 0.332. The van der Waals surface area contributed by atoms with Gasteiger partial charge in [-0.15, -0.1) is 11.3 Å². The second-order valence-electron chi connectivity index (χ2n) is 24.6. The van der Waals surface area contributed by atoms with Crippen molar-refractivity contribution in [2.45, 2.75) is 156 Å². The van der Waals surface area contributed by atoms with E-state index in [2.05, 4.69) is 95.8 Å². The van der Waals surface area contributed by atoms with Gasteiger partial charge < -0.3 is 9.80 Å². The lowest BCUT2D eigenvalue weighted by Gasteiger charge is -2.45. The van der Waals surface area contributed by atoms with E-state index in [0.717, 1.165) is 50.2 Å². The number of rotatable bonds is 3. The van der Waals surface area contributed by atoms with Crippen LogP contribution in [0.3, 0.4) is 0 Å². The number of hydrogen-bond donors (Lipinski definition) is 0. The van der Waals surface area contributed by atoms with E-state index in [1.54, 1.807) is 16.2 Å². The molecule has 0 unspecified atom stereocenters. The highest BCUT2D eigenvalue weighted by atomic mass is 32.1. The van der Waals surface area contributed by atoms with Crippen molar-refractivity contribution in [3.8, 4) is 11.1 Å². The average molecular weight is 897 g/mol. The van der Waals surface area contributed by atoms with Crippen molar-refractivity contribution in [2.75, 3.05) is 9.80 Å². The first-order valence-corrected chi connectivity index (χ1v) is 24.6. The summed E-state index contributed by atoms with van der Waals surface area (Å²) in [5.74, 6) is 0. The van der Waals surface area contributed by atoms with Gasteiger partial charge in [-0.1, -0.05) is 171 Å². The van der Waals surface area contributed by atoms with Crippen LogP contribution >= 0.6 is 11.3 Å². The summed E-state index contributed by atoms with van der Waals surface area (Å²) in [6.45, 7) is 32.3. The van der Waals surface area contributed by atoms with Gasteiger partial charge in [-0.2, -0.15) is 0 Å². The monoisotopic (exact) mass is 897 g/mol. The minimum Gasteiger partial charge on any atom is -0.311 e. The molecule has 3 aliphatic rings. The Balaban J connectivity index is 1.43. The first-order valence-electron chi connectivity index (χ1n) is 28.8. The Kier molecular flexibility index (Phi) is 7.64. The number of fused-ring (bicyclic) bond motifs is 7. The van der Waals surface area contributed by atoms with Gasteiger partial charge in [-0.25, -0.2) is 0 Å². The Morgan fingerprint density at radius 2 is 1.11 bits per heavy atom. The molecule has 1 aromatic heterocycles. The van der Waals surface area contributed by atoms with Crippen molar-refractivity contribution in [1.29, 1.82) is 0 Å². The zero-order valence-electron chi connectivity index (χ0n) is 52.0. The molecule has 0 saturated heterocycles. The fourth-order valence-corrected chi connectivity index (χ4v) is 11.5. The van der Waals surface area contributed by atoms with E-state index in [-0.39, 0.29) is 110 Å². The molecule has 0 spiro atoms. The standard InChI is InChI=1S/C62H71BN2S/c1-57(2,3)39-22-20-38(21-23-39)44-34-40(58(4,5)6)24-29-49(44)65-50-30-25-42(60(10,11)12)36-48(50)63-54-51(18-17-19-52(54)65)64(43-27-28-46-47(37-43)62(15,16)33-32-61(46,13)14)55-45-35-41(59(7,8)9)26-31-53(45)66-56(55)63/h17-31,34-37H,32-33H2,1-16H3/i20D,21D,22D,23D,24D,25D,29D,30D,34D,36D. The molecule has 66 heavy (non-hydrogen) atoms. The molecule has 0 saturated carbocycles. The Morgan fingerprint density at radius 1 is 0.545 bits per heavy atom. The third kappa shape index (κ3) is 7.19. The van der Waals surface area contributed by atoms with Crippen LogP contribution in [0.4, 0.5) is 34.1 Å². The lowest BCUT2D eigenvalue weighted by Crippen LogP contribution is -2.60. The Morgan fingerprint density at radius 3 is 1.73 bits per heavy atom. The fraction of sp³-hybridized carbons (Fsp3) is 0.387. The predicted molar refractivity (Wildman–Crippen MR) is 291 cm³/mol. The number of thiophene rings is 1. The maximum Gasteiger partial charge on any atom is 0.264 e. The van der Waals surface area contributed by atoms with E-state index >= 15 is 0 Å². The summed E-state index contributed by atoms with van der Waals surface area (Å²) in [6, 6.07) is 17.2. The summed E-state index contributed by atoms with van der Waals surface area (Å²) in [5.41, 5.74) is 6.12. The fourth-order valence-electron chi connectivity index (χ4n) is 10.2. The van der Waals surface area contributed by atoms with Crippen LogP contribution in [0, 0.1) is 0 Å². The maximum absolute atomic E-state index is 10.5. The van der Waals surface area contributed by atoms with E-state index in [1.807, 2.05) is 74.4 Å². The van der Waals surface area contributed by atoms with Crippen LogP contribution in [0.1, 0.15) is 171 Å². The van der Waals surface area contributed by atoms with Crippen LogP contribution in [0.2, 0.25) is 0 Å². The van der Waals surface area contributed by atoms with Crippen molar-refractivity contribution in [3.05, 3.63) is 148 Å². The zero-order chi connectivity index (χ0) is 56.0. The predicted octanol–water partition coefficient (Wildman–Crippen LogP) is 16.2. The minimum atomic E-state index is -0.883. The van der Waals surface area contributed by atoms with Crippen LogP contribution in [0.15, 0.2) is 115 Å². The molecule has 0 bridgehead atoms. The van der Waals surface area contributed by atoms with Crippen molar-refractivity contribution < 1.29 is 13.7 Å². The summed E-state index contributed by atoms with van der Waals surface area (Å²) in [4.78, 5) is 4.04. The summed E-state index contributed by atoms with van der Waals surface area (Å²) >= 11 is 1.66. The topological polar surface area (TPSA) is 6.48 Å². The van der Waals surface area contributed by atoms with E-state index in [0.29, 0.717) is 16.7 Å². The second-order valence-corrected chi connectivity index (χ2v) is 25.7. The lowest BCUT2D eigenvalue weighted by atomic mass is 9.36. The molecular weight excluding hydrogens is 816 g/mol. The maximum atomic E-state index is 10.5. The van der Waals surface area contributed by atoms with Gasteiger partial charge in [0.15, 0.2) is 0 Å². The highest BCUT2D eigenvalue weighted by Gasteiger charge is 2.47. The highest BCUT2D eigenvalue weighted by molar-refractivity contribution is 7.33. The van der Waals surface area contributed by atoms with Gasteiger partial charge in [-0.05, 0) is 150 Å². The molecule has 7 aromatic rings. The molecule has 0 N–H and O–H groups in total. The molecule has 0 radical (unpaired) electrons. The first kappa shape index (κ1) is 34.3. The van der Waals surface area contributed by atoms with Gasteiger partial charge in [0.2, 0.25) is 0 Å². The van der Waals surface area contributed by atoms with Crippen molar-refractivity contribution >= 4 is 78.0 Å². The molecule has 4 heteroatoms. The van der Waals surface area contributed by atoms with Gasteiger partial charge in [-0.3, -0.25) is 0 Å². The molecule has 0 atom stereocenters. The van der Waals surface area contributed by atoms with E-state index in [1.165, 1.54) is 16.7 Å². The van der Waals surface area contributed by atoms with Crippen LogP contribution < -0.4 is 25.5 Å².